The summed E-state index contributed by atoms with van der Waals surface area (Å²) in [6.07, 6.45) is 0. The van der Waals surface area contributed by atoms with Crippen LogP contribution < -0.4 is 10.6 Å². The summed E-state index contributed by atoms with van der Waals surface area (Å²) in [6.45, 7) is 5.81. The van der Waals surface area contributed by atoms with Crippen molar-refractivity contribution in [2.24, 2.45) is 0 Å². The molecule has 1 fully saturated rings. The van der Waals surface area contributed by atoms with Gasteiger partial charge >= 0.3 is 5.97 Å². The maximum absolute atomic E-state index is 12.1. The maximum Gasteiger partial charge on any atom is 0.337 e. The zero-order chi connectivity index (χ0) is 15.2. The van der Waals surface area contributed by atoms with E-state index in [9.17, 15) is 9.59 Å². The minimum absolute atomic E-state index is 0.0676. The van der Waals surface area contributed by atoms with Crippen molar-refractivity contribution in [2.45, 2.75) is 6.92 Å². The SMILES string of the molecule is COC(=O)c1ccc(C)c(NC(=O)CN2CCNCC2)c1. The summed E-state index contributed by atoms with van der Waals surface area (Å²) in [4.78, 5) is 25.7. The van der Waals surface area contributed by atoms with Crippen LogP contribution in [0.1, 0.15) is 15.9 Å². The van der Waals surface area contributed by atoms with Crippen LogP contribution in [-0.4, -0.2) is 56.6 Å². The number of anilines is 1. The Morgan fingerprint density at radius 2 is 2.05 bits per heavy atom. The Hall–Kier alpha value is -1.92. The molecule has 0 unspecified atom stereocenters. The molecule has 0 radical (unpaired) electrons. The number of amides is 1. The van der Waals surface area contributed by atoms with Crippen LogP contribution in [0.2, 0.25) is 0 Å². The Bertz CT molecular complexity index is 525. The van der Waals surface area contributed by atoms with Gasteiger partial charge in [-0.15, -0.1) is 0 Å². The van der Waals surface area contributed by atoms with Gasteiger partial charge in [-0.3, -0.25) is 9.69 Å². The number of carbonyl (C=O) groups excluding carboxylic acids is 2. The third-order valence-electron chi connectivity index (χ3n) is 3.51. The highest BCUT2D eigenvalue weighted by atomic mass is 16.5. The van der Waals surface area contributed by atoms with Crippen molar-refractivity contribution in [1.82, 2.24) is 10.2 Å². The number of carbonyl (C=O) groups is 2. The van der Waals surface area contributed by atoms with Crippen LogP contribution in [0.5, 0.6) is 0 Å². The van der Waals surface area contributed by atoms with Gasteiger partial charge in [0.2, 0.25) is 5.91 Å². The van der Waals surface area contributed by atoms with Gasteiger partial charge in [-0.2, -0.15) is 0 Å². The minimum Gasteiger partial charge on any atom is -0.465 e. The minimum atomic E-state index is -0.410. The van der Waals surface area contributed by atoms with Gasteiger partial charge in [0.1, 0.15) is 0 Å². The zero-order valence-electron chi connectivity index (χ0n) is 12.4. The molecule has 21 heavy (non-hydrogen) atoms. The van der Waals surface area contributed by atoms with Crippen LogP contribution in [0.4, 0.5) is 5.69 Å². The summed E-state index contributed by atoms with van der Waals surface area (Å²) < 4.78 is 4.69. The number of nitrogens with one attached hydrogen (secondary N) is 2. The fourth-order valence-corrected chi connectivity index (χ4v) is 2.26. The quantitative estimate of drug-likeness (QED) is 0.796. The molecular formula is C15H21N3O3. The van der Waals surface area contributed by atoms with Crippen LogP contribution in [0.25, 0.3) is 0 Å². The highest BCUT2D eigenvalue weighted by molar-refractivity contribution is 5.96. The first-order valence-corrected chi connectivity index (χ1v) is 7.02. The van der Waals surface area contributed by atoms with Crippen molar-refractivity contribution in [2.75, 3.05) is 45.2 Å². The average molecular weight is 291 g/mol. The van der Waals surface area contributed by atoms with E-state index in [0.717, 1.165) is 31.7 Å². The van der Waals surface area contributed by atoms with Crippen molar-refractivity contribution >= 4 is 17.6 Å². The Kier molecular flexibility index (Phi) is 5.30. The molecule has 1 aromatic rings. The first-order chi connectivity index (χ1) is 10.1. The van der Waals surface area contributed by atoms with E-state index in [2.05, 4.69) is 15.5 Å². The molecule has 6 nitrogen and oxygen atoms in total. The van der Waals surface area contributed by atoms with E-state index in [4.69, 9.17) is 4.74 Å². The van der Waals surface area contributed by atoms with Crippen molar-refractivity contribution < 1.29 is 14.3 Å². The third kappa shape index (κ3) is 4.27. The number of piperazine rings is 1. The molecule has 114 valence electrons. The number of methoxy groups -OCH3 is 1. The molecule has 0 aliphatic carbocycles. The largest absolute Gasteiger partial charge is 0.465 e. The Morgan fingerprint density at radius 3 is 2.71 bits per heavy atom. The molecule has 6 heteroatoms. The standard InChI is InChI=1S/C15H21N3O3/c1-11-3-4-12(15(20)21-2)9-13(11)17-14(19)10-18-7-5-16-6-8-18/h3-4,9,16H,5-8,10H2,1-2H3,(H,17,19). The van der Waals surface area contributed by atoms with Gasteiger partial charge in [-0.05, 0) is 24.6 Å². The predicted molar refractivity (Wildman–Crippen MR) is 80.5 cm³/mol. The molecular weight excluding hydrogens is 270 g/mol. The average Bonchev–Trinajstić information content (AvgIpc) is 2.49. The highest BCUT2D eigenvalue weighted by Gasteiger charge is 2.15. The molecule has 0 aromatic heterocycles. The summed E-state index contributed by atoms with van der Waals surface area (Å²) >= 11 is 0. The number of rotatable bonds is 4. The van der Waals surface area contributed by atoms with Gasteiger partial charge in [0.25, 0.3) is 0 Å². The second-order valence-electron chi connectivity index (χ2n) is 5.10. The Balaban J connectivity index is 2.00. The van der Waals surface area contributed by atoms with E-state index < -0.39 is 5.97 Å². The number of hydrogen-bond acceptors (Lipinski definition) is 5. The molecule has 1 aliphatic heterocycles. The number of benzene rings is 1. The van der Waals surface area contributed by atoms with Gasteiger partial charge in [-0.1, -0.05) is 6.07 Å². The molecule has 1 saturated heterocycles. The molecule has 1 aliphatic rings. The van der Waals surface area contributed by atoms with E-state index >= 15 is 0 Å². The fraction of sp³-hybridized carbons (Fsp3) is 0.467. The van der Waals surface area contributed by atoms with Crippen molar-refractivity contribution in [3.05, 3.63) is 29.3 Å². The predicted octanol–water partition coefficient (Wildman–Crippen LogP) is 0.625. The number of hydrogen-bond donors (Lipinski definition) is 2. The monoisotopic (exact) mass is 291 g/mol. The molecule has 0 atom stereocenters. The Labute approximate surface area is 124 Å². The lowest BCUT2D eigenvalue weighted by Gasteiger charge is -2.26. The normalized spacial score (nSPS) is 15.5. The third-order valence-corrected chi connectivity index (χ3v) is 3.51. The molecule has 2 N–H and O–H groups in total. The van der Waals surface area contributed by atoms with Crippen LogP contribution in [0, 0.1) is 6.92 Å². The van der Waals surface area contributed by atoms with Gasteiger partial charge in [0.05, 0.1) is 19.2 Å². The summed E-state index contributed by atoms with van der Waals surface area (Å²) in [7, 11) is 1.34. The van der Waals surface area contributed by atoms with Crippen LogP contribution >= 0.6 is 0 Å². The first kappa shape index (κ1) is 15.5. The highest BCUT2D eigenvalue weighted by Crippen LogP contribution is 2.17. The van der Waals surface area contributed by atoms with Crippen LogP contribution in [0.3, 0.4) is 0 Å². The molecule has 1 amide bonds. The Morgan fingerprint density at radius 1 is 1.33 bits per heavy atom. The van der Waals surface area contributed by atoms with Crippen molar-refractivity contribution in [1.29, 1.82) is 0 Å². The number of ether oxygens (including phenoxy) is 1. The lowest BCUT2D eigenvalue weighted by atomic mass is 10.1. The second-order valence-corrected chi connectivity index (χ2v) is 5.10. The number of aryl methyl sites for hydroxylation is 1. The lowest BCUT2D eigenvalue weighted by Crippen LogP contribution is -2.46. The van der Waals surface area contributed by atoms with Crippen molar-refractivity contribution in [3.8, 4) is 0 Å². The van der Waals surface area contributed by atoms with E-state index in [1.165, 1.54) is 7.11 Å². The van der Waals surface area contributed by atoms with Gasteiger partial charge < -0.3 is 15.4 Å². The van der Waals surface area contributed by atoms with E-state index in [1.807, 2.05) is 6.92 Å². The molecule has 1 aromatic carbocycles. The van der Waals surface area contributed by atoms with Gasteiger partial charge in [-0.25, -0.2) is 4.79 Å². The van der Waals surface area contributed by atoms with Crippen LogP contribution in [0.15, 0.2) is 18.2 Å². The fourth-order valence-electron chi connectivity index (χ4n) is 2.26. The van der Waals surface area contributed by atoms with Crippen LogP contribution in [-0.2, 0) is 9.53 Å². The van der Waals surface area contributed by atoms with Gasteiger partial charge in [0.15, 0.2) is 0 Å². The molecule has 2 rings (SSSR count). The summed E-state index contributed by atoms with van der Waals surface area (Å²) in [5, 5.41) is 6.12. The van der Waals surface area contributed by atoms with E-state index in [1.54, 1.807) is 18.2 Å². The molecule has 0 bridgehead atoms. The smallest absolute Gasteiger partial charge is 0.337 e. The molecule has 0 saturated carbocycles. The summed E-state index contributed by atoms with van der Waals surface area (Å²) in [5.41, 5.74) is 2.00. The second kappa shape index (κ2) is 7.19. The van der Waals surface area contributed by atoms with Crippen molar-refractivity contribution in [3.63, 3.8) is 0 Å². The summed E-state index contributed by atoms with van der Waals surface area (Å²) in [5.74, 6) is -0.477. The van der Waals surface area contributed by atoms with E-state index in [-0.39, 0.29) is 5.91 Å². The maximum atomic E-state index is 12.1. The first-order valence-electron chi connectivity index (χ1n) is 7.02. The molecule has 0 spiro atoms. The number of nitrogens with zero attached hydrogens (tertiary/aromatic N) is 1. The molecule has 1 heterocycles. The topological polar surface area (TPSA) is 70.7 Å². The lowest BCUT2D eigenvalue weighted by molar-refractivity contribution is -0.117. The summed E-state index contributed by atoms with van der Waals surface area (Å²) in [6, 6.07) is 5.14. The zero-order valence-corrected chi connectivity index (χ0v) is 12.4. The number of esters is 1. The van der Waals surface area contributed by atoms with E-state index in [0.29, 0.717) is 17.8 Å². The van der Waals surface area contributed by atoms with Gasteiger partial charge in [0, 0.05) is 31.9 Å².